The van der Waals surface area contributed by atoms with Crippen LogP contribution >= 0.6 is 0 Å². The first-order chi connectivity index (χ1) is 8.63. The lowest BCUT2D eigenvalue weighted by Gasteiger charge is -2.15. The van der Waals surface area contributed by atoms with Crippen molar-refractivity contribution in [1.82, 2.24) is 0 Å². The number of rotatable bonds is 2. The van der Waals surface area contributed by atoms with Crippen LogP contribution in [0.25, 0.3) is 11.1 Å². The molecular formula is C17H17N. The smallest absolute Gasteiger partial charge is 0.0998 e. The molecule has 1 heteroatoms. The molecule has 2 rings (SSSR count). The number of nitriles is 1. The minimum atomic E-state index is 0.411. The quantitative estimate of drug-likeness (QED) is 0.742. The molecule has 0 aliphatic rings. The van der Waals surface area contributed by atoms with E-state index in [9.17, 15) is 5.26 Å². The maximum absolute atomic E-state index is 9.31. The Kier molecular flexibility index (Phi) is 3.48. The summed E-state index contributed by atoms with van der Waals surface area (Å²) in [4.78, 5) is 0. The molecule has 2 aromatic carbocycles. The first-order valence-electron chi connectivity index (χ1n) is 6.23. The Morgan fingerprint density at radius 3 is 2.39 bits per heavy atom. The van der Waals surface area contributed by atoms with Crippen molar-refractivity contribution in [3.05, 3.63) is 59.2 Å². The van der Waals surface area contributed by atoms with Crippen molar-refractivity contribution < 1.29 is 0 Å². The van der Waals surface area contributed by atoms with E-state index >= 15 is 0 Å². The van der Waals surface area contributed by atoms with E-state index in [1.807, 2.05) is 18.2 Å². The van der Waals surface area contributed by atoms with Gasteiger partial charge in [0.1, 0.15) is 0 Å². The van der Waals surface area contributed by atoms with E-state index in [2.05, 4.69) is 51.1 Å². The third kappa shape index (κ3) is 2.28. The van der Waals surface area contributed by atoms with Crippen molar-refractivity contribution in [3.63, 3.8) is 0 Å². The molecule has 0 aliphatic carbocycles. The van der Waals surface area contributed by atoms with Gasteiger partial charge in [-0.2, -0.15) is 5.26 Å². The van der Waals surface area contributed by atoms with Crippen LogP contribution in [0.2, 0.25) is 0 Å². The predicted molar refractivity (Wildman–Crippen MR) is 75.4 cm³/mol. The monoisotopic (exact) mass is 235 g/mol. The molecule has 0 fully saturated rings. The summed E-state index contributed by atoms with van der Waals surface area (Å²) in [5, 5.41) is 9.31. The number of hydrogen-bond acceptors (Lipinski definition) is 1. The number of nitrogens with zero attached hydrogens (tertiary/aromatic N) is 1. The highest BCUT2D eigenvalue weighted by atomic mass is 14.3. The topological polar surface area (TPSA) is 23.8 Å². The predicted octanol–water partition coefficient (Wildman–Crippen LogP) is 4.66. The van der Waals surface area contributed by atoms with Crippen molar-refractivity contribution in [2.75, 3.05) is 0 Å². The van der Waals surface area contributed by atoms with Crippen molar-refractivity contribution in [2.24, 2.45) is 0 Å². The number of hydrogen-bond donors (Lipinski definition) is 0. The van der Waals surface area contributed by atoms with Crippen LogP contribution in [0.1, 0.15) is 36.5 Å². The van der Waals surface area contributed by atoms with Crippen LogP contribution in [-0.4, -0.2) is 0 Å². The minimum Gasteiger partial charge on any atom is -0.192 e. The van der Waals surface area contributed by atoms with Crippen molar-refractivity contribution in [3.8, 4) is 17.2 Å². The fourth-order valence-electron chi connectivity index (χ4n) is 2.27. The average Bonchev–Trinajstić information content (AvgIpc) is 2.37. The highest BCUT2D eigenvalue weighted by Gasteiger charge is 2.12. The van der Waals surface area contributed by atoms with Gasteiger partial charge < -0.3 is 0 Å². The second-order valence-corrected chi connectivity index (χ2v) is 4.91. The van der Waals surface area contributed by atoms with E-state index in [-0.39, 0.29) is 0 Å². The molecule has 2 aromatic rings. The molecule has 1 nitrogen and oxygen atoms in total. The van der Waals surface area contributed by atoms with Crippen molar-refractivity contribution >= 4 is 0 Å². The Hall–Kier alpha value is -2.07. The molecule has 0 atom stereocenters. The Balaban J connectivity index is 2.72. The van der Waals surface area contributed by atoms with Gasteiger partial charge in [0.05, 0.1) is 11.6 Å². The zero-order chi connectivity index (χ0) is 13.1. The summed E-state index contributed by atoms with van der Waals surface area (Å²) < 4.78 is 0. The van der Waals surface area contributed by atoms with Crippen LogP contribution in [0, 0.1) is 18.3 Å². The fraction of sp³-hybridized carbons (Fsp3) is 0.235. The van der Waals surface area contributed by atoms with Gasteiger partial charge in [-0.25, -0.2) is 0 Å². The summed E-state index contributed by atoms with van der Waals surface area (Å²) in [7, 11) is 0. The molecule has 0 N–H and O–H groups in total. The molecular weight excluding hydrogens is 218 g/mol. The van der Waals surface area contributed by atoms with E-state index < -0.39 is 0 Å². The Bertz CT molecular complexity index is 603. The van der Waals surface area contributed by atoms with Crippen LogP contribution in [0.3, 0.4) is 0 Å². The van der Waals surface area contributed by atoms with Gasteiger partial charge in [0.2, 0.25) is 0 Å². The third-order valence-electron chi connectivity index (χ3n) is 3.15. The van der Waals surface area contributed by atoms with Gasteiger partial charge in [-0.15, -0.1) is 0 Å². The Morgan fingerprint density at radius 2 is 1.78 bits per heavy atom. The first kappa shape index (κ1) is 12.4. The molecule has 90 valence electrons. The van der Waals surface area contributed by atoms with Gasteiger partial charge in [-0.3, -0.25) is 0 Å². The highest BCUT2D eigenvalue weighted by Crippen LogP contribution is 2.32. The third-order valence-corrected chi connectivity index (χ3v) is 3.15. The molecule has 0 amide bonds. The maximum atomic E-state index is 9.31. The molecule has 0 unspecified atom stereocenters. The van der Waals surface area contributed by atoms with Gasteiger partial charge in [-0.1, -0.05) is 55.8 Å². The largest absolute Gasteiger partial charge is 0.192 e. The lowest BCUT2D eigenvalue weighted by molar-refractivity contribution is 0.868. The molecule has 0 aliphatic heterocycles. The molecule has 0 spiro atoms. The molecule has 0 aromatic heterocycles. The van der Waals surface area contributed by atoms with Crippen LogP contribution in [0.5, 0.6) is 0 Å². The lowest BCUT2D eigenvalue weighted by atomic mass is 9.89. The first-order valence-corrected chi connectivity index (χ1v) is 6.23. The van der Waals surface area contributed by atoms with E-state index in [0.717, 1.165) is 16.7 Å². The molecule has 0 saturated carbocycles. The zero-order valence-electron chi connectivity index (χ0n) is 11.1. The molecule has 0 bridgehead atoms. The Morgan fingerprint density at radius 1 is 1.06 bits per heavy atom. The van der Waals surface area contributed by atoms with Crippen LogP contribution < -0.4 is 0 Å². The SMILES string of the molecule is Cc1cccc(-c2c(C#N)cccc2C(C)C)c1. The van der Waals surface area contributed by atoms with E-state index in [4.69, 9.17) is 0 Å². The molecule has 0 heterocycles. The lowest BCUT2D eigenvalue weighted by Crippen LogP contribution is -1.95. The molecule has 0 radical (unpaired) electrons. The van der Waals surface area contributed by atoms with Crippen molar-refractivity contribution in [1.29, 1.82) is 5.26 Å². The summed E-state index contributed by atoms with van der Waals surface area (Å²) in [5.74, 6) is 0.411. The zero-order valence-corrected chi connectivity index (χ0v) is 11.1. The summed E-state index contributed by atoms with van der Waals surface area (Å²) in [5.41, 5.74) is 5.43. The van der Waals surface area contributed by atoms with E-state index in [1.165, 1.54) is 11.1 Å². The standard InChI is InChI=1S/C17H17N/c1-12(2)16-9-5-8-15(11-18)17(16)14-7-4-6-13(3)10-14/h4-10,12H,1-3H3. The van der Waals surface area contributed by atoms with Crippen LogP contribution in [0.15, 0.2) is 42.5 Å². The second-order valence-electron chi connectivity index (χ2n) is 4.91. The van der Waals surface area contributed by atoms with Crippen molar-refractivity contribution in [2.45, 2.75) is 26.7 Å². The second kappa shape index (κ2) is 5.06. The van der Waals surface area contributed by atoms with Gasteiger partial charge in [0.15, 0.2) is 0 Å². The van der Waals surface area contributed by atoms with Gasteiger partial charge >= 0.3 is 0 Å². The van der Waals surface area contributed by atoms with Crippen LogP contribution in [-0.2, 0) is 0 Å². The number of benzene rings is 2. The normalized spacial score (nSPS) is 10.4. The van der Waals surface area contributed by atoms with Gasteiger partial charge in [0.25, 0.3) is 0 Å². The Labute approximate surface area is 109 Å². The summed E-state index contributed by atoms with van der Waals surface area (Å²) in [6.45, 7) is 6.40. The van der Waals surface area contributed by atoms with E-state index in [0.29, 0.717) is 5.92 Å². The van der Waals surface area contributed by atoms with Gasteiger partial charge in [-0.05, 0) is 30.0 Å². The summed E-state index contributed by atoms with van der Waals surface area (Å²) >= 11 is 0. The fourth-order valence-corrected chi connectivity index (χ4v) is 2.27. The average molecular weight is 235 g/mol. The molecule has 18 heavy (non-hydrogen) atoms. The van der Waals surface area contributed by atoms with Crippen LogP contribution in [0.4, 0.5) is 0 Å². The number of aryl methyl sites for hydroxylation is 1. The van der Waals surface area contributed by atoms with E-state index in [1.54, 1.807) is 0 Å². The maximum Gasteiger partial charge on any atom is 0.0998 e. The summed E-state index contributed by atoms with van der Waals surface area (Å²) in [6.07, 6.45) is 0. The van der Waals surface area contributed by atoms with Gasteiger partial charge in [0, 0.05) is 5.56 Å². The molecule has 0 saturated heterocycles. The minimum absolute atomic E-state index is 0.411. The summed E-state index contributed by atoms with van der Waals surface area (Å²) in [6, 6.07) is 16.6. The highest BCUT2D eigenvalue weighted by molar-refractivity contribution is 5.74.